The van der Waals surface area contributed by atoms with Crippen LogP contribution >= 0.6 is 0 Å². The average molecular weight is 257 g/mol. The van der Waals surface area contributed by atoms with Crippen LogP contribution in [0.25, 0.3) is 0 Å². The summed E-state index contributed by atoms with van der Waals surface area (Å²) >= 11 is 0. The Hall–Kier alpha value is -2.56. The van der Waals surface area contributed by atoms with Crippen molar-refractivity contribution in [1.82, 2.24) is 0 Å². The molecule has 0 saturated carbocycles. The van der Waals surface area contributed by atoms with Crippen LogP contribution < -0.4 is 9.47 Å². The molecule has 0 bridgehead atoms. The fourth-order valence-electron chi connectivity index (χ4n) is 2.07. The normalized spacial score (nSPS) is 20.3. The van der Waals surface area contributed by atoms with Gasteiger partial charge in [0.2, 0.25) is 0 Å². The molecule has 0 spiro atoms. The van der Waals surface area contributed by atoms with Crippen LogP contribution in [0, 0.1) is 10.1 Å². The molecule has 0 fully saturated rings. The Bertz CT molecular complexity index is 641. The fraction of sp³-hybridized carbons (Fsp3) is 0.143. The number of benzene rings is 2. The van der Waals surface area contributed by atoms with E-state index in [2.05, 4.69) is 0 Å². The van der Waals surface area contributed by atoms with Crippen LogP contribution in [0.4, 0.5) is 5.69 Å². The molecule has 1 heterocycles. The van der Waals surface area contributed by atoms with Crippen LogP contribution in [0.5, 0.6) is 11.5 Å². The van der Waals surface area contributed by atoms with E-state index >= 15 is 0 Å². The summed E-state index contributed by atoms with van der Waals surface area (Å²) in [6.07, 6.45) is 0. The van der Waals surface area contributed by atoms with E-state index in [-0.39, 0.29) is 5.69 Å². The highest BCUT2D eigenvalue weighted by molar-refractivity contribution is 5.51. The van der Waals surface area contributed by atoms with Crippen LogP contribution in [0.15, 0.2) is 48.5 Å². The molecule has 96 valence electrons. The molecular weight excluding hydrogens is 246 g/mol. The first-order valence-corrected chi connectivity index (χ1v) is 5.80. The summed E-state index contributed by atoms with van der Waals surface area (Å²) in [6, 6.07) is 13.8. The highest BCUT2D eigenvalue weighted by Gasteiger charge is 2.39. The van der Waals surface area contributed by atoms with Gasteiger partial charge in [-0.2, -0.15) is 0 Å². The maximum Gasteiger partial charge on any atom is 0.275 e. The van der Waals surface area contributed by atoms with E-state index in [4.69, 9.17) is 9.47 Å². The van der Waals surface area contributed by atoms with Gasteiger partial charge in [0.15, 0.2) is 11.5 Å². The standard InChI is InChI=1S/C14H11NO4/c1-14(10-5-3-2-4-6-10)18-12-8-7-11(15(16)17)9-13(12)19-14/h2-9H,1H3. The minimum atomic E-state index is -0.946. The fourth-order valence-corrected chi connectivity index (χ4v) is 2.07. The molecular formula is C14H11NO4. The Labute approximate surface area is 109 Å². The smallest absolute Gasteiger partial charge is 0.275 e. The van der Waals surface area contributed by atoms with Gasteiger partial charge in [-0.1, -0.05) is 30.3 Å². The van der Waals surface area contributed by atoms with E-state index in [0.717, 1.165) is 5.56 Å². The predicted octanol–water partition coefficient (Wildman–Crippen LogP) is 3.24. The van der Waals surface area contributed by atoms with Crippen molar-refractivity contribution in [2.24, 2.45) is 0 Å². The second-order valence-corrected chi connectivity index (χ2v) is 4.40. The number of hydrogen-bond acceptors (Lipinski definition) is 4. The molecule has 5 nitrogen and oxygen atoms in total. The topological polar surface area (TPSA) is 61.6 Å². The zero-order valence-electron chi connectivity index (χ0n) is 10.2. The summed E-state index contributed by atoms with van der Waals surface area (Å²) < 4.78 is 11.5. The van der Waals surface area contributed by atoms with Gasteiger partial charge in [-0.25, -0.2) is 0 Å². The van der Waals surface area contributed by atoms with E-state index in [9.17, 15) is 10.1 Å². The zero-order chi connectivity index (χ0) is 13.5. The highest BCUT2D eigenvalue weighted by atomic mass is 16.7. The predicted molar refractivity (Wildman–Crippen MR) is 68.1 cm³/mol. The molecule has 0 N–H and O–H groups in total. The summed E-state index contributed by atoms with van der Waals surface area (Å²) in [6.45, 7) is 1.79. The van der Waals surface area contributed by atoms with Gasteiger partial charge in [-0.3, -0.25) is 10.1 Å². The van der Waals surface area contributed by atoms with E-state index < -0.39 is 10.7 Å². The molecule has 0 saturated heterocycles. The van der Waals surface area contributed by atoms with Crippen molar-refractivity contribution >= 4 is 5.69 Å². The largest absolute Gasteiger partial charge is 0.445 e. The highest BCUT2D eigenvalue weighted by Crippen LogP contribution is 2.45. The molecule has 1 unspecified atom stereocenters. The molecule has 0 amide bonds. The molecule has 1 aliphatic rings. The van der Waals surface area contributed by atoms with Gasteiger partial charge < -0.3 is 9.47 Å². The van der Waals surface area contributed by atoms with Crippen molar-refractivity contribution in [3.05, 3.63) is 64.2 Å². The van der Waals surface area contributed by atoms with Gasteiger partial charge in [0.25, 0.3) is 11.5 Å². The van der Waals surface area contributed by atoms with E-state index in [1.54, 1.807) is 13.0 Å². The lowest BCUT2D eigenvalue weighted by Gasteiger charge is -2.23. The van der Waals surface area contributed by atoms with Crippen molar-refractivity contribution in [3.8, 4) is 11.5 Å². The Morgan fingerprint density at radius 1 is 1.05 bits per heavy atom. The van der Waals surface area contributed by atoms with Gasteiger partial charge >= 0.3 is 0 Å². The molecule has 0 aliphatic carbocycles. The number of hydrogen-bond donors (Lipinski definition) is 0. The van der Waals surface area contributed by atoms with Gasteiger partial charge in [0, 0.05) is 18.6 Å². The molecule has 0 aromatic heterocycles. The van der Waals surface area contributed by atoms with Crippen molar-refractivity contribution in [2.75, 3.05) is 0 Å². The first-order chi connectivity index (χ1) is 9.08. The number of ether oxygens (including phenoxy) is 2. The van der Waals surface area contributed by atoms with Gasteiger partial charge in [-0.05, 0) is 6.07 Å². The summed E-state index contributed by atoms with van der Waals surface area (Å²) in [4.78, 5) is 10.3. The maximum atomic E-state index is 10.7. The first-order valence-electron chi connectivity index (χ1n) is 5.80. The molecule has 2 aromatic rings. The quantitative estimate of drug-likeness (QED) is 0.612. The van der Waals surface area contributed by atoms with E-state index in [1.165, 1.54) is 12.1 Å². The van der Waals surface area contributed by atoms with E-state index in [1.807, 2.05) is 30.3 Å². The lowest BCUT2D eigenvalue weighted by Crippen LogP contribution is -2.31. The lowest BCUT2D eigenvalue weighted by atomic mass is 10.1. The molecule has 0 radical (unpaired) electrons. The minimum Gasteiger partial charge on any atom is -0.445 e. The van der Waals surface area contributed by atoms with Crippen molar-refractivity contribution in [1.29, 1.82) is 0 Å². The molecule has 3 rings (SSSR count). The lowest BCUT2D eigenvalue weighted by molar-refractivity contribution is -0.384. The van der Waals surface area contributed by atoms with E-state index in [0.29, 0.717) is 11.5 Å². The zero-order valence-corrected chi connectivity index (χ0v) is 10.2. The molecule has 2 aromatic carbocycles. The van der Waals surface area contributed by atoms with Crippen LogP contribution in [0.2, 0.25) is 0 Å². The monoisotopic (exact) mass is 257 g/mol. The van der Waals surface area contributed by atoms with Crippen LogP contribution in [0.1, 0.15) is 12.5 Å². The Kier molecular flexibility index (Phi) is 2.41. The Morgan fingerprint density at radius 2 is 1.74 bits per heavy atom. The van der Waals surface area contributed by atoms with Crippen molar-refractivity contribution in [3.63, 3.8) is 0 Å². The van der Waals surface area contributed by atoms with Gasteiger partial charge in [-0.15, -0.1) is 0 Å². The minimum absolute atomic E-state index is 0.0142. The van der Waals surface area contributed by atoms with Crippen LogP contribution in [-0.2, 0) is 5.79 Å². The Balaban J connectivity index is 1.98. The third-order valence-corrected chi connectivity index (χ3v) is 3.05. The van der Waals surface area contributed by atoms with Crippen LogP contribution in [-0.4, -0.2) is 4.92 Å². The first kappa shape index (κ1) is 11.5. The molecule has 1 aliphatic heterocycles. The van der Waals surface area contributed by atoms with Crippen molar-refractivity contribution < 1.29 is 14.4 Å². The average Bonchev–Trinajstić information content (AvgIpc) is 2.76. The molecule has 1 atom stereocenters. The number of fused-ring (bicyclic) bond motifs is 1. The van der Waals surface area contributed by atoms with Crippen LogP contribution in [0.3, 0.4) is 0 Å². The number of non-ortho nitro benzene ring substituents is 1. The second-order valence-electron chi connectivity index (χ2n) is 4.40. The Morgan fingerprint density at radius 3 is 2.42 bits per heavy atom. The van der Waals surface area contributed by atoms with Crippen molar-refractivity contribution in [2.45, 2.75) is 12.7 Å². The summed E-state index contributed by atoms with van der Waals surface area (Å²) in [5.74, 6) is -0.0452. The third-order valence-electron chi connectivity index (χ3n) is 3.05. The summed E-state index contributed by atoms with van der Waals surface area (Å²) in [5.41, 5.74) is 0.841. The number of nitro benzene ring substituents is 1. The maximum absolute atomic E-state index is 10.7. The van der Waals surface area contributed by atoms with Gasteiger partial charge in [0.1, 0.15) is 0 Å². The SMILES string of the molecule is CC1(c2ccccc2)Oc2ccc([N+](=O)[O-])cc2O1. The number of nitrogens with zero attached hydrogens (tertiary/aromatic N) is 1. The second kappa shape index (κ2) is 3.98. The molecule has 5 heteroatoms. The summed E-state index contributed by atoms with van der Waals surface area (Å²) in [5, 5.41) is 10.7. The number of rotatable bonds is 2. The number of nitro groups is 1. The van der Waals surface area contributed by atoms with Gasteiger partial charge in [0.05, 0.1) is 11.0 Å². The third kappa shape index (κ3) is 1.89. The molecule has 19 heavy (non-hydrogen) atoms. The summed E-state index contributed by atoms with van der Waals surface area (Å²) in [7, 11) is 0.